The van der Waals surface area contributed by atoms with Gasteiger partial charge in [0.05, 0.1) is 0 Å². The molecule has 0 saturated heterocycles. The number of carbonyl (C=O) groups excluding carboxylic acids is 1. The standard InChI is InChI=1S/C16H12F2O2/c17-16(18)20-14-8-4-7-13(11-14)15(19)10-9-12-5-2-1-3-6-12/h1-11,16H/b10-9+. The van der Waals surface area contributed by atoms with Crippen LogP contribution in [0, 0.1) is 0 Å². The number of hydrogen-bond acceptors (Lipinski definition) is 2. The molecular formula is C16H12F2O2. The van der Waals surface area contributed by atoms with Crippen LogP contribution in [-0.2, 0) is 0 Å². The molecule has 0 N–H and O–H groups in total. The van der Waals surface area contributed by atoms with Gasteiger partial charge >= 0.3 is 6.61 Å². The first kappa shape index (κ1) is 13.9. The highest BCUT2D eigenvalue weighted by Crippen LogP contribution is 2.17. The van der Waals surface area contributed by atoms with Gasteiger partial charge in [0.15, 0.2) is 5.78 Å². The number of carbonyl (C=O) groups is 1. The van der Waals surface area contributed by atoms with E-state index in [0.717, 1.165) is 5.56 Å². The molecule has 0 aliphatic carbocycles. The summed E-state index contributed by atoms with van der Waals surface area (Å²) in [7, 11) is 0. The van der Waals surface area contributed by atoms with E-state index in [1.54, 1.807) is 12.1 Å². The molecule has 0 bridgehead atoms. The van der Waals surface area contributed by atoms with Gasteiger partial charge in [-0.1, -0.05) is 48.5 Å². The van der Waals surface area contributed by atoms with Crippen LogP contribution in [0.25, 0.3) is 6.08 Å². The average Bonchev–Trinajstić information content (AvgIpc) is 2.45. The molecule has 0 radical (unpaired) electrons. The van der Waals surface area contributed by atoms with Crippen molar-refractivity contribution in [3.63, 3.8) is 0 Å². The number of hydrogen-bond donors (Lipinski definition) is 0. The number of halogens is 2. The maximum Gasteiger partial charge on any atom is 0.387 e. The summed E-state index contributed by atoms with van der Waals surface area (Å²) in [6.45, 7) is -2.90. The van der Waals surface area contributed by atoms with Gasteiger partial charge in [0.1, 0.15) is 5.75 Å². The SMILES string of the molecule is O=C(/C=C/c1ccccc1)c1cccc(OC(F)F)c1. The van der Waals surface area contributed by atoms with Crippen LogP contribution in [-0.4, -0.2) is 12.4 Å². The van der Waals surface area contributed by atoms with Crippen LogP contribution in [0.2, 0.25) is 0 Å². The van der Waals surface area contributed by atoms with E-state index in [4.69, 9.17) is 0 Å². The average molecular weight is 274 g/mol. The lowest BCUT2D eigenvalue weighted by molar-refractivity contribution is -0.0498. The second-order valence-electron chi connectivity index (χ2n) is 4.01. The van der Waals surface area contributed by atoms with E-state index in [1.807, 2.05) is 30.3 Å². The molecule has 0 unspecified atom stereocenters. The zero-order valence-corrected chi connectivity index (χ0v) is 10.5. The fourth-order valence-electron chi connectivity index (χ4n) is 1.66. The normalized spacial score (nSPS) is 10.9. The highest BCUT2D eigenvalue weighted by atomic mass is 19.3. The Kier molecular flexibility index (Phi) is 4.60. The molecule has 0 atom stereocenters. The van der Waals surface area contributed by atoms with Gasteiger partial charge in [-0.15, -0.1) is 0 Å². The second kappa shape index (κ2) is 6.61. The Labute approximate surface area is 115 Å². The molecule has 2 nitrogen and oxygen atoms in total. The van der Waals surface area contributed by atoms with Crippen LogP contribution < -0.4 is 4.74 Å². The number of alkyl halides is 2. The molecule has 0 fully saturated rings. The van der Waals surface area contributed by atoms with Crippen molar-refractivity contribution in [1.82, 2.24) is 0 Å². The Hall–Kier alpha value is -2.49. The molecule has 0 saturated carbocycles. The van der Waals surface area contributed by atoms with Crippen molar-refractivity contribution in [1.29, 1.82) is 0 Å². The Morgan fingerprint density at radius 1 is 1.05 bits per heavy atom. The minimum atomic E-state index is -2.90. The van der Waals surface area contributed by atoms with Crippen molar-refractivity contribution in [2.24, 2.45) is 0 Å². The third-order valence-corrected chi connectivity index (χ3v) is 2.57. The van der Waals surface area contributed by atoms with Crippen LogP contribution in [0.15, 0.2) is 60.7 Å². The lowest BCUT2D eigenvalue weighted by Crippen LogP contribution is -2.03. The lowest BCUT2D eigenvalue weighted by atomic mass is 10.1. The van der Waals surface area contributed by atoms with Gasteiger partial charge < -0.3 is 4.74 Å². The quantitative estimate of drug-likeness (QED) is 0.603. The Morgan fingerprint density at radius 3 is 2.50 bits per heavy atom. The predicted octanol–water partition coefficient (Wildman–Crippen LogP) is 4.18. The van der Waals surface area contributed by atoms with E-state index in [2.05, 4.69) is 4.74 Å². The fraction of sp³-hybridized carbons (Fsp3) is 0.0625. The molecule has 0 aliphatic heterocycles. The van der Waals surface area contributed by atoms with Crippen LogP contribution in [0.1, 0.15) is 15.9 Å². The van der Waals surface area contributed by atoms with E-state index < -0.39 is 6.61 Å². The number of rotatable bonds is 5. The highest BCUT2D eigenvalue weighted by Gasteiger charge is 2.07. The summed E-state index contributed by atoms with van der Waals surface area (Å²) in [5.74, 6) is -0.299. The Morgan fingerprint density at radius 2 is 1.80 bits per heavy atom. The minimum Gasteiger partial charge on any atom is -0.435 e. The van der Waals surface area contributed by atoms with Crippen molar-refractivity contribution in [2.75, 3.05) is 0 Å². The summed E-state index contributed by atoms with van der Waals surface area (Å²) in [5.41, 5.74) is 1.19. The van der Waals surface area contributed by atoms with Gasteiger partial charge in [-0.25, -0.2) is 0 Å². The van der Waals surface area contributed by atoms with Crippen molar-refractivity contribution in [2.45, 2.75) is 6.61 Å². The number of allylic oxidation sites excluding steroid dienone is 1. The van der Waals surface area contributed by atoms with Crippen LogP contribution in [0.4, 0.5) is 8.78 Å². The van der Waals surface area contributed by atoms with E-state index in [-0.39, 0.29) is 11.5 Å². The number of benzene rings is 2. The topological polar surface area (TPSA) is 26.3 Å². The van der Waals surface area contributed by atoms with Crippen LogP contribution in [0.5, 0.6) is 5.75 Å². The molecule has 2 aromatic rings. The summed E-state index contributed by atoms with van der Waals surface area (Å²) < 4.78 is 28.5. The molecule has 2 aromatic carbocycles. The molecular weight excluding hydrogens is 262 g/mol. The summed E-state index contributed by atoms with van der Waals surface area (Å²) >= 11 is 0. The lowest BCUT2D eigenvalue weighted by Gasteiger charge is -2.04. The minimum absolute atomic E-state index is 0.0287. The Balaban J connectivity index is 2.11. The van der Waals surface area contributed by atoms with E-state index in [9.17, 15) is 13.6 Å². The predicted molar refractivity (Wildman–Crippen MR) is 72.9 cm³/mol. The third-order valence-electron chi connectivity index (χ3n) is 2.57. The van der Waals surface area contributed by atoms with Crippen molar-refractivity contribution < 1.29 is 18.3 Å². The smallest absolute Gasteiger partial charge is 0.387 e. The summed E-state index contributed by atoms with van der Waals surface area (Å²) in [4.78, 5) is 11.9. The third kappa shape index (κ3) is 4.02. The molecule has 0 amide bonds. The molecule has 2 rings (SSSR count). The molecule has 0 aliphatic rings. The van der Waals surface area contributed by atoms with Crippen molar-refractivity contribution in [3.8, 4) is 5.75 Å². The highest BCUT2D eigenvalue weighted by molar-refractivity contribution is 6.07. The fourth-order valence-corrected chi connectivity index (χ4v) is 1.66. The summed E-state index contributed by atoms with van der Waals surface area (Å²) in [5, 5.41) is 0. The zero-order valence-electron chi connectivity index (χ0n) is 10.5. The van der Waals surface area contributed by atoms with Crippen molar-refractivity contribution in [3.05, 3.63) is 71.8 Å². The molecule has 0 heterocycles. The van der Waals surface area contributed by atoms with E-state index >= 15 is 0 Å². The number of ether oxygens (including phenoxy) is 1. The van der Waals surface area contributed by atoms with Gasteiger partial charge in [-0.3, -0.25) is 4.79 Å². The summed E-state index contributed by atoms with van der Waals surface area (Å²) in [6.07, 6.45) is 3.07. The van der Waals surface area contributed by atoms with Crippen molar-refractivity contribution >= 4 is 11.9 Å². The van der Waals surface area contributed by atoms with Gasteiger partial charge in [0, 0.05) is 5.56 Å². The molecule has 4 heteroatoms. The maximum absolute atomic E-state index is 12.1. The Bertz CT molecular complexity index is 607. The molecule has 0 aromatic heterocycles. The van der Waals surface area contributed by atoms with Crippen LogP contribution >= 0.6 is 0 Å². The second-order valence-corrected chi connectivity index (χ2v) is 4.01. The first-order chi connectivity index (χ1) is 9.65. The molecule has 0 spiro atoms. The van der Waals surface area contributed by atoms with E-state index in [0.29, 0.717) is 5.56 Å². The van der Waals surface area contributed by atoms with Gasteiger partial charge in [0.25, 0.3) is 0 Å². The van der Waals surface area contributed by atoms with Crippen LogP contribution in [0.3, 0.4) is 0 Å². The first-order valence-electron chi connectivity index (χ1n) is 5.97. The first-order valence-corrected chi connectivity index (χ1v) is 5.97. The van der Waals surface area contributed by atoms with Gasteiger partial charge in [-0.05, 0) is 23.8 Å². The maximum atomic E-state index is 12.1. The molecule has 20 heavy (non-hydrogen) atoms. The largest absolute Gasteiger partial charge is 0.435 e. The zero-order chi connectivity index (χ0) is 14.4. The number of ketones is 1. The summed E-state index contributed by atoms with van der Waals surface area (Å²) in [6, 6.07) is 15.1. The monoisotopic (exact) mass is 274 g/mol. The van der Waals surface area contributed by atoms with Gasteiger partial charge in [-0.2, -0.15) is 8.78 Å². The molecule has 102 valence electrons. The van der Waals surface area contributed by atoms with Gasteiger partial charge in [0.2, 0.25) is 0 Å². The van der Waals surface area contributed by atoms with E-state index in [1.165, 1.54) is 24.3 Å².